The zero-order valence-electron chi connectivity index (χ0n) is 16.6. The lowest BCUT2D eigenvalue weighted by molar-refractivity contribution is -0.384. The number of ether oxygens (including phenoxy) is 1. The highest BCUT2D eigenvalue weighted by Gasteiger charge is 2.35. The Morgan fingerprint density at radius 2 is 1.97 bits per heavy atom. The van der Waals surface area contributed by atoms with E-state index in [0.29, 0.717) is 17.1 Å². The Balaban J connectivity index is 1.57. The number of imide groups is 1. The first-order valence-electron chi connectivity index (χ1n) is 9.29. The van der Waals surface area contributed by atoms with E-state index in [1.54, 1.807) is 12.1 Å². The van der Waals surface area contributed by atoms with E-state index in [-0.39, 0.29) is 28.1 Å². The molecule has 1 fully saturated rings. The van der Waals surface area contributed by atoms with Crippen LogP contribution in [-0.2, 0) is 11.3 Å². The number of nitrogens with zero attached hydrogens (tertiary/aromatic N) is 2. The summed E-state index contributed by atoms with van der Waals surface area (Å²) in [5.74, 6) is 0.665. The highest BCUT2D eigenvalue weighted by Crippen LogP contribution is 2.37. The van der Waals surface area contributed by atoms with Gasteiger partial charge in [0.25, 0.3) is 16.8 Å². The lowest BCUT2D eigenvalue weighted by atomic mass is 10.1. The Kier molecular flexibility index (Phi) is 6.15. The lowest BCUT2D eigenvalue weighted by Crippen LogP contribution is -2.27. The first-order valence-corrected chi connectivity index (χ1v) is 10.9. The van der Waals surface area contributed by atoms with Gasteiger partial charge in [-0.25, -0.2) is 0 Å². The minimum Gasteiger partial charge on any atom is -0.496 e. The zero-order chi connectivity index (χ0) is 22.8. The van der Waals surface area contributed by atoms with Gasteiger partial charge in [-0.3, -0.25) is 24.6 Å². The zero-order valence-corrected chi connectivity index (χ0v) is 19.0. The standard InChI is InChI=1S/C22H15BrN2O6S/c1-30-19-10-14(25(28)29)6-8-16(19)18-9-7-15(31-18)11-20-21(26)24(22(27)32-20)12-13-4-2-3-5-17(13)23/h2-11H,12H2,1H3/b20-11+. The molecule has 2 aromatic carbocycles. The number of carbonyl (C=O) groups excluding carboxylic acids is 2. The number of methoxy groups -OCH3 is 1. The fourth-order valence-electron chi connectivity index (χ4n) is 3.13. The van der Waals surface area contributed by atoms with Gasteiger partial charge in [-0.2, -0.15) is 0 Å². The van der Waals surface area contributed by atoms with E-state index in [1.807, 2.05) is 24.3 Å². The SMILES string of the molecule is COc1cc([N+](=O)[O-])ccc1-c1ccc(/C=C2/SC(=O)N(Cc3ccccc3Br)C2=O)o1. The molecule has 0 atom stereocenters. The minimum atomic E-state index is -0.510. The van der Waals surface area contributed by atoms with Crippen molar-refractivity contribution in [2.24, 2.45) is 0 Å². The van der Waals surface area contributed by atoms with Crippen LogP contribution in [0.1, 0.15) is 11.3 Å². The maximum Gasteiger partial charge on any atom is 0.293 e. The van der Waals surface area contributed by atoms with Crippen LogP contribution in [0.15, 0.2) is 68.4 Å². The number of thioether (sulfide) groups is 1. The summed E-state index contributed by atoms with van der Waals surface area (Å²) in [6.45, 7) is 0.160. The summed E-state index contributed by atoms with van der Waals surface area (Å²) in [4.78, 5) is 37.1. The molecule has 1 aliphatic rings. The topological polar surface area (TPSA) is 103 Å². The van der Waals surface area contributed by atoms with Crippen molar-refractivity contribution >= 4 is 50.6 Å². The number of halogens is 1. The monoisotopic (exact) mass is 514 g/mol. The Labute approximate surface area is 195 Å². The van der Waals surface area contributed by atoms with Crippen molar-refractivity contribution in [1.82, 2.24) is 4.90 Å². The number of amides is 2. The van der Waals surface area contributed by atoms with Crippen molar-refractivity contribution in [3.05, 3.63) is 85.4 Å². The second-order valence-corrected chi connectivity index (χ2v) is 8.55. The van der Waals surface area contributed by atoms with Gasteiger partial charge >= 0.3 is 0 Å². The van der Waals surface area contributed by atoms with Gasteiger partial charge in [0.05, 0.1) is 35.1 Å². The predicted octanol–water partition coefficient (Wildman–Crippen LogP) is 5.86. The maximum atomic E-state index is 12.8. The van der Waals surface area contributed by atoms with Gasteiger partial charge in [0, 0.05) is 16.6 Å². The van der Waals surface area contributed by atoms with Crippen molar-refractivity contribution in [2.45, 2.75) is 6.54 Å². The molecule has 0 spiro atoms. The van der Waals surface area contributed by atoms with E-state index in [1.165, 1.54) is 36.3 Å². The number of rotatable bonds is 6. The highest BCUT2D eigenvalue weighted by molar-refractivity contribution is 9.10. The molecule has 2 amide bonds. The Bertz CT molecular complexity index is 1270. The molecular formula is C22H15BrN2O6S. The third kappa shape index (κ3) is 4.32. The van der Waals surface area contributed by atoms with Crippen LogP contribution in [0.3, 0.4) is 0 Å². The molecule has 10 heteroatoms. The number of carbonyl (C=O) groups is 2. The summed E-state index contributed by atoms with van der Waals surface area (Å²) >= 11 is 4.27. The molecule has 0 radical (unpaired) electrons. The quantitative estimate of drug-likeness (QED) is 0.230. The van der Waals surface area contributed by atoms with E-state index < -0.39 is 10.8 Å². The first-order chi connectivity index (χ1) is 15.4. The number of nitro groups is 1. The maximum absolute atomic E-state index is 12.8. The van der Waals surface area contributed by atoms with Gasteiger partial charge in [0.1, 0.15) is 17.3 Å². The highest BCUT2D eigenvalue weighted by atomic mass is 79.9. The van der Waals surface area contributed by atoms with Gasteiger partial charge in [0.15, 0.2) is 0 Å². The molecule has 2 heterocycles. The molecular weight excluding hydrogens is 500 g/mol. The van der Waals surface area contributed by atoms with Crippen LogP contribution in [0.2, 0.25) is 0 Å². The number of non-ortho nitro benzene ring substituents is 1. The van der Waals surface area contributed by atoms with Crippen LogP contribution in [-0.4, -0.2) is 28.1 Å². The van der Waals surface area contributed by atoms with Gasteiger partial charge < -0.3 is 9.15 Å². The number of benzene rings is 2. The Hall–Kier alpha value is -3.37. The number of hydrogen-bond donors (Lipinski definition) is 0. The van der Waals surface area contributed by atoms with Crippen LogP contribution in [0, 0.1) is 10.1 Å². The molecule has 0 bridgehead atoms. The molecule has 1 saturated heterocycles. The molecule has 3 aromatic rings. The Morgan fingerprint density at radius 3 is 2.69 bits per heavy atom. The van der Waals surface area contributed by atoms with Gasteiger partial charge in [-0.1, -0.05) is 34.1 Å². The summed E-state index contributed by atoms with van der Waals surface area (Å²) in [6, 6.07) is 14.9. The molecule has 0 aliphatic carbocycles. The molecule has 0 saturated carbocycles. The fourth-order valence-corrected chi connectivity index (χ4v) is 4.36. The third-order valence-electron chi connectivity index (χ3n) is 4.72. The average molecular weight is 515 g/mol. The van der Waals surface area contributed by atoms with E-state index in [9.17, 15) is 19.7 Å². The normalized spacial score (nSPS) is 14.9. The van der Waals surface area contributed by atoms with E-state index in [2.05, 4.69) is 15.9 Å². The van der Waals surface area contributed by atoms with Crippen LogP contribution < -0.4 is 4.74 Å². The number of nitro benzene ring substituents is 1. The predicted molar refractivity (Wildman–Crippen MR) is 123 cm³/mol. The van der Waals surface area contributed by atoms with Crippen molar-refractivity contribution in [3.8, 4) is 17.1 Å². The molecule has 0 N–H and O–H groups in total. The van der Waals surface area contributed by atoms with Crippen LogP contribution in [0.4, 0.5) is 10.5 Å². The summed E-state index contributed by atoms with van der Waals surface area (Å²) in [5.41, 5.74) is 1.25. The van der Waals surface area contributed by atoms with E-state index in [4.69, 9.17) is 9.15 Å². The van der Waals surface area contributed by atoms with E-state index in [0.717, 1.165) is 21.8 Å². The summed E-state index contributed by atoms with van der Waals surface area (Å²) in [6.07, 6.45) is 1.51. The third-order valence-corrected chi connectivity index (χ3v) is 6.40. The minimum absolute atomic E-state index is 0.101. The van der Waals surface area contributed by atoms with E-state index >= 15 is 0 Å². The molecule has 1 aromatic heterocycles. The average Bonchev–Trinajstić information content (AvgIpc) is 3.34. The Morgan fingerprint density at radius 1 is 1.19 bits per heavy atom. The summed E-state index contributed by atoms with van der Waals surface area (Å²) < 4.78 is 11.9. The second-order valence-electron chi connectivity index (χ2n) is 6.70. The van der Waals surface area contributed by atoms with Crippen molar-refractivity contribution in [1.29, 1.82) is 0 Å². The molecule has 8 nitrogen and oxygen atoms in total. The number of furan rings is 1. The second kappa shape index (κ2) is 9.01. The first kappa shape index (κ1) is 21.8. The number of hydrogen-bond acceptors (Lipinski definition) is 7. The molecule has 162 valence electrons. The molecule has 32 heavy (non-hydrogen) atoms. The van der Waals surface area contributed by atoms with Gasteiger partial charge in [0.2, 0.25) is 0 Å². The van der Waals surface area contributed by atoms with Crippen molar-refractivity contribution in [3.63, 3.8) is 0 Å². The van der Waals surface area contributed by atoms with Gasteiger partial charge in [-0.15, -0.1) is 0 Å². The van der Waals surface area contributed by atoms with Crippen LogP contribution in [0.5, 0.6) is 5.75 Å². The lowest BCUT2D eigenvalue weighted by Gasteiger charge is -2.13. The van der Waals surface area contributed by atoms with Crippen molar-refractivity contribution < 1.29 is 23.7 Å². The van der Waals surface area contributed by atoms with Crippen LogP contribution >= 0.6 is 27.7 Å². The molecule has 1 aliphatic heterocycles. The van der Waals surface area contributed by atoms with Crippen molar-refractivity contribution in [2.75, 3.05) is 7.11 Å². The largest absolute Gasteiger partial charge is 0.496 e. The molecule has 0 unspecified atom stereocenters. The summed E-state index contributed by atoms with van der Waals surface area (Å²) in [5, 5.41) is 10.6. The smallest absolute Gasteiger partial charge is 0.293 e. The van der Waals surface area contributed by atoms with Gasteiger partial charge in [-0.05, 0) is 41.6 Å². The molecule has 4 rings (SSSR count). The summed E-state index contributed by atoms with van der Waals surface area (Å²) in [7, 11) is 1.41. The van der Waals surface area contributed by atoms with Crippen LogP contribution in [0.25, 0.3) is 17.4 Å². The fraction of sp³-hybridized carbons (Fsp3) is 0.0909.